The summed E-state index contributed by atoms with van der Waals surface area (Å²) in [5.74, 6) is 0. The molecule has 1 rings (SSSR count). The van der Waals surface area contributed by atoms with Gasteiger partial charge in [-0.3, -0.25) is 0 Å². The summed E-state index contributed by atoms with van der Waals surface area (Å²) >= 11 is 0. The van der Waals surface area contributed by atoms with Crippen LogP contribution in [0.4, 0.5) is 0 Å². The molecule has 1 fully saturated rings. The minimum absolute atomic E-state index is 0.427. The smallest absolute Gasteiger partial charge is 0.186 e. The lowest BCUT2D eigenvalue weighted by Crippen LogP contribution is -2.59. The van der Waals surface area contributed by atoms with Crippen molar-refractivity contribution >= 4 is 0 Å². The first-order valence-electron chi connectivity index (χ1n) is 11.5. The Hall–Kier alpha value is -0.240. The first kappa shape index (κ1) is 25.8. The molecule has 6 nitrogen and oxygen atoms in total. The number of unbranched alkanes of at least 4 members (excludes halogenated alkanes) is 13. The number of rotatable bonds is 17. The van der Waals surface area contributed by atoms with Crippen molar-refractivity contribution in [3.05, 3.63) is 0 Å². The first-order chi connectivity index (χ1) is 13.6. The predicted molar refractivity (Wildman–Crippen MR) is 110 cm³/mol. The number of aliphatic hydroxyl groups is 4. The van der Waals surface area contributed by atoms with Gasteiger partial charge in [-0.15, -0.1) is 0 Å². The summed E-state index contributed by atoms with van der Waals surface area (Å²) < 4.78 is 10.8. The topological polar surface area (TPSA) is 99.4 Å². The minimum atomic E-state index is -1.37. The standard InChI is InChI=1S/C22H44O6/c1-2-3-4-5-6-7-8-9-10-11-12-13-14-15-16-27-22-21(26)20(25)19(24)18(17-23)28-22/h18-26H,2-17H2,1H3/t18-,19-,20+,21+,22?/m1/s1. The molecule has 1 aliphatic heterocycles. The second-order valence-electron chi connectivity index (χ2n) is 8.16. The Labute approximate surface area is 171 Å². The Morgan fingerprint density at radius 2 is 1.11 bits per heavy atom. The van der Waals surface area contributed by atoms with Crippen molar-refractivity contribution in [3.63, 3.8) is 0 Å². The molecule has 0 aromatic heterocycles. The van der Waals surface area contributed by atoms with Crippen molar-refractivity contribution in [2.75, 3.05) is 13.2 Å². The van der Waals surface area contributed by atoms with Gasteiger partial charge >= 0.3 is 0 Å². The molecule has 28 heavy (non-hydrogen) atoms. The molecule has 0 amide bonds. The SMILES string of the molecule is CCCCCCCCCCCCCCCCOC1O[C@H](CO)[C@@H](O)[C@H](O)[C@@H]1O. The summed E-state index contributed by atoms with van der Waals surface area (Å²) in [6.07, 6.45) is 12.1. The van der Waals surface area contributed by atoms with Crippen LogP contribution in [0.1, 0.15) is 96.8 Å². The van der Waals surface area contributed by atoms with Gasteiger partial charge in [-0.1, -0.05) is 90.4 Å². The molecule has 0 aromatic rings. The highest BCUT2D eigenvalue weighted by atomic mass is 16.7. The van der Waals surface area contributed by atoms with E-state index in [2.05, 4.69) is 6.92 Å². The number of ether oxygens (including phenoxy) is 2. The van der Waals surface area contributed by atoms with Gasteiger partial charge < -0.3 is 29.9 Å². The molecule has 5 atom stereocenters. The molecule has 4 N–H and O–H groups in total. The molecule has 0 spiro atoms. The third-order valence-electron chi connectivity index (χ3n) is 5.63. The summed E-state index contributed by atoms with van der Waals surface area (Å²) in [4.78, 5) is 0. The molecule has 0 bridgehead atoms. The van der Waals surface area contributed by atoms with Crippen molar-refractivity contribution in [2.24, 2.45) is 0 Å². The molecule has 0 aromatic carbocycles. The molecule has 1 saturated heterocycles. The van der Waals surface area contributed by atoms with E-state index in [0.29, 0.717) is 6.61 Å². The van der Waals surface area contributed by atoms with Crippen molar-refractivity contribution in [2.45, 2.75) is 128 Å². The third kappa shape index (κ3) is 10.5. The summed E-state index contributed by atoms with van der Waals surface area (Å²) in [6, 6.07) is 0. The molecule has 168 valence electrons. The van der Waals surface area contributed by atoms with Gasteiger partial charge in [-0.25, -0.2) is 0 Å². The Balaban J connectivity index is 1.90. The van der Waals surface area contributed by atoms with Crippen LogP contribution in [0.2, 0.25) is 0 Å². The van der Waals surface area contributed by atoms with Gasteiger partial charge in [-0.05, 0) is 6.42 Å². The number of aliphatic hydroxyl groups excluding tert-OH is 4. The summed E-state index contributed by atoms with van der Waals surface area (Å²) in [5, 5.41) is 38.5. The maximum atomic E-state index is 9.89. The second-order valence-corrected chi connectivity index (χ2v) is 8.16. The highest BCUT2D eigenvalue weighted by Crippen LogP contribution is 2.22. The fourth-order valence-electron chi connectivity index (χ4n) is 3.70. The van der Waals surface area contributed by atoms with Gasteiger partial charge in [0.05, 0.1) is 6.61 Å². The Morgan fingerprint density at radius 3 is 1.57 bits per heavy atom. The van der Waals surface area contributed by atoms with E-state index >= 15 is 0 Å². The lowest BCUT2D eigenvalue weighted by Gasteiger charge is -2.39. The first-order valence-corrected chi connectivity index (χ1v) is 11.5. The van der Waals surface area contributed by atoms with E-state index in [4.69, 9.17) is 14.6 Å². The highest BCUT2D eigenvalue weighted by Gasteiger charge is 2.43. The summed E-state index contributed by atoms with van der Waals surface area (Å²) in [5.41, 5.74) is 0. The third-order valence-corrected chi connectivity index (χ3v) is 5.63. The predicted octanol–water partition coefficient (Wildman–Crippen LogP) is 3.28. The largest absolute Gasteiger partial charge is 0.394 e. The zero-order valence-corrected chi connectivity index (χ0v) is 17.8. The van der Waals surface area contributed by atoms with Crippen molar-refractivity contribution < 1.29 is 29.9 Å². The van der Waals surface area contributed by atoms with Gasteiger partial charge in [0.1, 0.15) is 24.4 Å². The molecule has 6 heteroatoms. The van der Waals surface area contributed by atoms with E-state index in [1.807, 2.05) is 0 Å². The lowest BCUT2D eigenvalue weighted by atomic mass is 9.99. The van der Waals surface area contributed by atoms with Crippen LogP contribution in [0, 0.1) is 0 Å². The van der Waals surface area contributed by atoms with E-state index in [1.54, 1.807) is 0 Å². The average Bonchev–Trinajstić information content (AvgIpc) is 2.70. The van der Waals surface area contributed by atoms with E-state index in [-0.39, 0.29) is 0 Å². The normalized spacial score (nSPS) is 28.0. The van der Waals surface area contributed by atoms with Crippen LogP contribution in [-0.4, -0.2) is 64.3 Å². The van der Waals surface area contributed by atoms with Gasteiger partial charge in [-0.2, -0.15) is 0 Å². The van der Waals surface area contributed by atoms with Crippen LogP contribution in [0.25, 0.3) is 0 Å². The summed E-state index contributed by atoms with van der Waals surface area (Å²) in [7, 11) is 0. The van der Waals surface area contributed by atoms with Crippen molar-refractivity contribution in [3.8, 4) is 0 Å². The van der Waals surface area contributed by atoms with E-state index < -0.39 is 37.3 Å². The fourth-order valence-corrected chi connectivity index (χ4v) is 3.70. The second kappa shape index (κ2) is 16.5. The number of hydrogen-bond donors (Lipinski definition) is 4. The molecule has 1 aliphatic rings. The molecule has 1 heterocycles. The zero-order chi connectivity index (χ0) is 20.6. The zero-order valence-electron chi connectivity index (χ0n) is 17.8. The van der Waals surface area contributed by atoms with Crippen LogP contribution in [-0.2, 0) is 9.47 Å². The molecule has 0 aliphatic carbocycles. The minimum Gasteiger partial charge on any atom is -0.394 e. The van der Waals surface area contributed by atoms with Crippen LogP contribution >= 0.6 is 0 Å². The Morgan fingerprint density at radius 1 is 0.643 bits per heavy atom. The quantitative estimate of drug-likeness (QED) is 0.278. The molecular formula is C22H44O6. The van der Waals surface area contributed by atoms with Crippen LogP contribution in [0.3, 0.4) is 0 Å². The Kier molecular flexibility index (Phi) is 15.2. The molecule has 0 radical (unpaired) electrons. The van der Waals surface area contributed by atoms with Crippen molar-refractivity contribution in [1.29, 1.82) is 0 Å². The fraction of sp³-hybridized carbons (Fsp3) is 1.00. The molecular weight excluding hydrogens is 360 g/mol. The van der Waals surface area contributed by atoms with E-state index in [9.17, 15) is 15.3 Å². The maximum absolute atomic E-state index is 9.89. The number of hydrogen-bond acceptors (Lipinski definition) is 6. The lowest BCUT2D eigenvalue weighted by molar-refractivity contribution is -0.301. The maximum Gasteiger partial charge on any atom is 0.186 e. The van der Waals surface area contributed by atoms with E-state index in [0.717, 1.165) is 12.8 Å². The molecule has 1 unspecified atom stereocenters. The van der Waals surface area contributed by atoms with Crippen molar-refractivity contribution in [1.82, 2.24) is 0 Å². The molecule has 0 saturated carbocycles. The van der Waals surface area contributed by atoms with Crippen LogP contribution in [0.5, 0.6) is 0 Å². The van der Waals surface area contributed by atoms with Gasteiger partial charge in [0.2, 0.25) is 0 Å². The average molecular weight is 405 g/mol. The highest BCUT2D eigenvalue weighted by molar-refractivity contribution is 4.88. The van der Waals surface area contributed by atoms with E-state index in [1.165, 1.54) is 77.0 Å². The van der Waals surface area contributed by atoms with Gasteiger partial charge in [0, 0.05) is 6.61 Å². The van der Waals surface area contributed by atoms with Crippen LogP contribution in [0.15, 0.2) is 0 Å². The van der Waals surface area contributed by atoms with Gasteiger partial charge in [0.25, 0.3) is 0 Å². The van der Waals surface area contributed by atoms with Crippen LogP contribution < -0.4 is 0 Å². The Bertz CT molecular complexity index is 352. The summed E-state index contributed by atoms with van der Waals surface area (Å²) in [6.45, 7) is 2.26. The monoisotopic (exact) mass is 404 g/mol. The van der Waals surface area contributed by atoms with Gasteiger partial charge in [0.15, 0.2) is 6.29 Å².